The third-order valence-electron chi connectivity index (χ3n) is 3.70. The minimum absolute atomic E-state index is 0.393. The van der Waals surface area contributed by atoms with Crippen LogP contribution in [0.1, 0.15) is 41.2 Å². The summed E-state index contributed by atoms with van der Waals surface area (Å²) in [5.74, 6) is 0.824. The van der Waals surface area contributed by atoms with Crippen LogP contribution < -0.4 is 0 Å². The van der Waals surface area contributed by atoms with Crippen molar-refractivity contribution in [3.63, 3.8) is 0 Å². The van der Waals surface area contributed by atoms with E-state index in [1.807, 2.05) is 52.0 Å². The minimum Gasteiger partial charge on any atom is -0.508 e. The SMILES string of the molecule is CCCc1ccc(O)c(C)c1.Cc1ccc(C)c(O)c1C. The van der Waals surface area contributed by atoms with Crippen LogP contribution in [0.25, 0.3) is 0 Å². The maximum absolute atomic E-state index is 9.39. The van der Waals surface area contributed by atoms with E-state index in [4.69, 9.17) is 0 Å². The maximum atomic E-state index is 9.39. The third-order valence-corrected chi connectivity index (χ3v) is 3.70. The average Bonchev–Trinajstić information content (AvgIpc) is 2.46. The molecule has 2 N–H and O–H groups in total. The first kappa shape index (κ1) is 17.1. The summed E-state index contributed by atoms with van der Waals surface area (Å²) in [7, 11) is 0. The van der Waals surface area contributed by atoms with E-state index in [9.17, 15) is 10.2 Å². The van der Waals surface area contributed by atoms with Crippen LogP contribution in [0.5, 0.6) is 11.5 Å². The fourth-order valence-electron chi connectivity index (χ4n) is 2.10. The van der Waals surface area contributed by atoms with Crippen molar-refractivity contribution >= 4 is 0 Å². The summed E-state index contributed by atoms with van der Waals surface area (Å²) in [6, 6.07) is 9.73. The Kier molecular flexibility index (Phi) is 6.29. The van der Waals surface area contributed by atoms with E-state index < -0.39 is 0 Å². The van der Waals surface area contributed by atoms with Crippen LogP contribution in [0.4, 0.5) is 0 Å². The zero-order valence-electron chi connectivity index (χ0n) is 13.7. The van der Waals surface area contributed by atoms with Gasteiger partial charge in [-0.15, -0.1) is 0 Å². The summed E-state index contributed by atoms with van der Waals surface area (Å²) in [6.45, 7) is 9.91. The van der Waals surface area contributed by atoms with Gasteiger partial charge in [0.1, 0.15) is 11.5 Å². The first-order valence-electron chi connectivity index (χ1n) is 7.41. The van der Waals surface area contributed by atoms with Gasteiger partial charge in [0.2, 0.25) is 0 Å². The Morgan fingerprint density at radius 3 is 1.95 bits per heavy atom. The molecule has 0 fully saturated rings. The molecule has 0 amide bonds. The number of rotatable bonds is 2. The van der Waals surface area contributed by atoms with E-state index in [0.717, 1.165) is 35.1 Å². The molecule has 0 heterocycles. The smallest absolute Gasteiger partial charge is 0.121 e. The van der Waals surface area contributed by atoms with Crippen LogP contribution in [-0.2, 0) is 6.42 Å². The van der Waals surface area contributed by atoms with Gasteiger partial charge in [0, 0.05) is 0 Å². The fraction of sp³-hybridized carbons (Fsp3) is 0.368. The van der Waals surface area contributed by atoms with E-state index in [1.54, 1.807) is 6.07 Å². The van der Waals surface area contributed by atoms with Gasteiger partial charge < -0.3 is 10.2 Å². The van der Waals surface area contributed by atoms with Gasteiger partial charge in [-0.25, -0.2) is 0 Å². The van der Waals surface area contributed by atoms with Crippen LogP contribution in [-0.4, -0.2) is 10.2 Å². The van der Waals surface area contributed by atoms with Crippen molar-refractivity contribution < 1.29 is 10.2 Å². The van der Waals surface area contributed by atoms with Gasteiger partial charge in [-0.1, -0.05) is 37.6 Å². The predicted molar refractivity (Wildman–Crippen MR) is 89.2 cm³/mol. The van der Waals surface area contributed by atoms with Crippen molar-refractivity contribution in [2.45, 2.75) is 47.5 Å². The van der Waals surface area contributed by atoms with Crippen LogP contribution in [0.3, 0.4) is 0 Å². The highest BCUT2D eigenvalue weighted by molar-refractivity contribution is 5.43. The summed E-state index contributed by atoms with van der Waals surface area (Å²) < 4.78 is 0. The molecule has 2 aromatic rings. The number of phenols is 2. The molecule has 0 aromatic heterocycles. The van der Waals surface area contributed by atoms with Crippen molar-refractivity contribution in [3.05, 3.63) is 58.1 Å². The van der Waals surface area contributed by atoms with Gasteiger partial charge in [0.15, 0.2) is 0 Å². The topological polar surface area (TPSA) is 40.5 Å². The highest BCUT2D eigenvalue weighted by Gasteiger charge is 2.00. The van der Waals surface area contributed by atoms with Crippen LogP contribution >= 0.6 is 0 Å². The predicted octanol–water partition coefficient (Wildman–Crippen LogP) is 4.97. The second-order valence-corrected chi connectivity index (χ2v) is 5.54. The van der Waals surface area contributed by atoms with Gasteiger partial charge in [-0.05, 0) is 68.0 Å². The van der Waals surface area contributed by atoms with E-state index >= 15 is 0 Å². The standard InChI is InChI=1S/C10H14O.C9H12O/c1-3-4-9-5-6-10(11)8(2)7-9;1-6-4-5-7(2)9(10)8(6)3/h5-7,11H,3-4H2,1-2H3;4-5,10H,1-3H3. The summed E-state index contributed by atoms with van der Waals surface area (Å²) in [4.78, 5) is 0. The normalized spacial score (nSPS) is 9.95. The third kappa shape index (κ3) is 4.82. The number of benzene rings is 2. The molecule has 2 aromatic carbocycles. The zero-order chi connectivity index (χ0) is 16.0. The lowest BCUT2D eigenvalue weighted by molar-refractivity contribution is 0.466. The number of hydrogen-bond acceptors (Lipinski definition) is 2. The highest BCUT2D eigenvalue weighted by Crippen LogP contribution is 2.23. The Labute approximate surface area is 128 Å². The van der Waals surface area contributed by atoms with Crippen LogP contribution in [0.15, 0.2) is 30.3 Å². The molecule has 21 heavy (non-hydrogen) atoms. The average molecular weight is 286 g/mol. The Balaban J connectivity index is 0.000000211. The van der Waals surface area contributed by atoms with Crippen molar-refractivity contribution in [1.29, 1.82) is 0 Å². The lowest BCUT2D eigenvalue weighted by Gasteiger charge is -2.04. The molecule has 0 saturated heterocycles. The van der Waals surface area contributed by atoms with E-state index in [0.29, 0.717) is 11.5 Å². The van der Waals surface area contributed by atoms with Crippen LogP contribution in [0, 0.1) is 27.7 Å². The lowest BCUT2D eigenvalue weighted by atomic mass is 10.1. The molecule has 0 unspecified atom stereocenters. The van der Waals surface area contributed by atoms with Gasteiger partial charge >= 0.3 is 0 Å². The fourth-order valence-corrected chi connectivity index (χ4v) is 2.10. The molecule has 0 radical (unpaired) electrons. The summed E-state index contributed by atoms with van der Waals surface area (Å²) >= 11 is 0. The minimum atomic E-state index is 0.393. The quantitative estimate of drug-likeness (QED) is 0.818. The Morgan fingerprint density at radius 1 is 0.810 bits per heavy atom. The van der Waals surface area contributed by atoms with Gasteiger partial charge in [0.25, 0.3) is 0 Å². The number of hydrogen-bond donors (Lipinski definition) is 2. The molecule has 2 nitrogen and oxygen atoms in total. The molecular formula is C19H26O2. The van der Waals surface area contributed by atoms with E-state index in [1.165, 1.54) is 5.56 Å². The molecule has 0 spiro atoms. The Morgan fingerprint density at radius 2 is 1.43 bits per heavy atom. The van der Waals surface area contributed by atoms with Crippen molar-refractivity contribution in [2.24, 2.45) is 0 Å². The summed E-state index contributed by atoms with van der Waals surface area (Å²) in [6.07, 6.45) is 2.26. The molecule has 0 aliphatic rings. The summed E-state index contributed by atoms with van der Waals surface area (Å²) in [5, 5.41) is 18.6. The Bertz CT molecular complexity index is 574. The second-order valence-electron chi connectivity index (χ2n) is 5.54. The monoisotopic (exact) mass is 286 g/mol. The number of aryl methyl sites for hydroxylation is 4. The molecule has 0 atom stereocenters. The van der Waals surface area contributed by atoms with Gasteiger partial charge in [-0.2, -0.15) is 0 Å². The molecular weight excluding hydrogens is 260 g/mol. The zero-order valence-corrected chi connectivity index (χ0v) is 13.7. The first-order chi connectivity index (χ1) is 9.86. The second kappa shape index (κ2) is 7.72. The molecule has 0 aliphatic heterocycles. The molecule has 0 bridgehead atoms. The first-order valence-corrected chi connectivity index (χ1v) is 7.41. The maximum Gasteiger partial charge on any atom is 0.121 e. The summed E-state index contributed by atoms with van der Waals surface area (Å²) in [5.41, 5.74) is 5.35. The van der Waals surface area contributed by atoms with Crippen molar-refractivity contribution in [1.82, 2.24) is 0 Å². The van der Waals surface area contributed by atoms with Crippen molar-refractivity contribution in [2.75, 3.05) is 0 Å². The largest absolute Gasteiger partial charge is 0.508 e. The Hall–Kier alpha value is -1.96. The van der Waals surface area contributed by atoms with E-state index in [2.05, 4.69) is 6.92 Å². The van der Waals surface area contributed by atoms with Gasteiger partial charge in [0.05, 0.1) is 0 Å². The number of phenolic OH excluding ortho intramolecular Hbond substituents is 2. The van der Waals surface area contributed by atoms with Crippen molar-refractivity contribution in [3.8, 4) is 11.5 Å². The molecule has 0 aliphatic carbocycles. The molecule has 2 heteroatoms. The molecule has 2 rings (SSSR count). The molecule has 0 saturated carbocycles. The van der Waals surface area contributed by atoms with Gasteiger partial charge in [-0.3, -0.25) is 0 Å². The highest BCUT2D eigenvalue weighted by atomic mass is 16.3. The molecule has 114 valence electrons. The lowest BCUT2D eigenvalue weighted by Crippen LogP contribution is -1.83. The van der Waals surface area contributed by atoms with Crippen LogP contribution in [0.2, 0.25) is 0 Å². The number of aromatic hydroxyl groups is 2. The van der Waals surface area contributed by atoms with E-state index in [-0.39, 0.29) is 0 Å².